The molecule has 0 spiro atoms. The molecule has 1 aliphatic heterocycles. The quantitative estimate of drug-likeness (QED) is 0.297. The van der Waals surface area contributed by atoms with Crippen molar-refractivity contribution >= 4 is 23.0 Å². The molecule has 3 aromatic rings. The molecule has 5 heteroatoms. The Morgan fingerprint density at radius 3 is 2.56 bits per heavy atom. The summed E-state index contributed by atoms with van der Waals surface area (Å²) in [6, 6.07) is 16.8. The molecule has 0 radical (unpaired) electrons. The molecule has 174 valence electrons. The Kier molecular flexibility index (Phi) is 7.92. The van der Waals surface area contributed by atoms with E-state index >= 15 is 0 Å². The van der Waals surface area contributed by atoms with Crippen LogP contribution >= 0.6 is 11.3 Å². The predicted octanol–water partition coefficient (Wildman–Crippen LogP) is 6.05. The number of aromatic nitrogens is 1. The van der Waals surface area contributed by atoms with Gasteiger partial charge in [-0.25, -0.2) is 4.98 Å². The van der Waals surface area contributed by atoms with Gasteiger partial charge in [-0.05, 0) is 42.9 Å². The van der Waals surface area contributed by atoms with Gasteiger partial charge < -0.3 is 4.90 Å². The number of hydrogen-bond acceptors (Lipinski definition) is 4. The lowest BCUT2D eigenvalue weighted by atomic mass is 9.95. The highest BCUT2D eigenvalue weighted by Crippen LogP contribution is 2.31. The summed E-state index contributed by atoms with van der Waals surface area (Å²) >= 11 is 1.57. The maximum Gasteiger partial charge on any atom is 0.223 e. The van der Waals surface area contributed by atoms with Crippen LogP contribution in [0.5, 0.6) is 0 Å². The number of terminal acetylenes is 1. The Morgan fingerprint density at radius 2 is 1.82 bits per heavy atom. The van der Waals surface area contributed by atoms with Gasteiger partial charge in [0.2, 0.25) is 5.91 Å². The van der Waals surface area contributed by atoms with Gasteiger partial charge in [-0.15, -0.1) is 23.7 Å². The predicted molar refractivity (Wildman–Crippen MR) is 138 cm³/mol. The first-order valence-corrected chi connectivity index (χ1v) is 12.8. The fourth-order valence-electron chi connectivity index (χ4n) is 4.45. The van der Waals surface area contributed by atoms with Gasteiger partial charge in [0.1, 0.15) is 5.69 Å². The zero-order valence-corrected chi connectivity index (χ0v) is 20.4. The van der Waals surface area contributed by atoms with Crippen molar-refractivity contribution in [2.24, 2.45) is 0 Å². The molecule has 0 saturated carbocycles. The van der Waals surface area contributed by atoms with Gasteiger partial charge in [0.05, 0.1) is 5.01 Å². The van der Waals surface area contributed by atoms with Crippen molar-refractivity contribution in [2.45, 2.75) is 51.4 Å². The lowest BCUT2D eigenvalue weighted by Gasteiger charge is -2.31. The number of rotatable bonds is 8. The normalized spacial score (nSPS) is 14.1. The Balaban J connectivity index is 1.34. The number of nitrogens with zero attached hydrogens (tertiary/aromatic N) is 2. The molecule has 1 amide bonds. The van der Waals surface area contributed by atoms with Crippen molar-refractivity contribution in [3.05, 3.63) is 75.7 Å². The van der Waals surface area contributed by atoms with Gasteiger partial charge in [0.15, 0.2) is 5.78 Å². The third-order valence-corrected chi connectivity index (χ3v) is 7.50. The highest BCUT2D eigenvalue weighted by molar-refractivity contribution is 7.09. The molecule has 1 fully saturated rings. The molecule has 0 bridgehead atoms. The highest BCUT2D eigenvalue weighted by Gasteiger charge is 2.26. The summed E-state index contributed by atoms with van der Waals surface area (Å²) in [5, 5.41) is 2.91. The van der Waals surface area contributed by atoms with E-state index in [4.69, 9.17) is 11.4 Å². The second kappa shape index (κ2) is 11.3. The minimum absolute atomic E-state index is 0.0862. The number of piperidine rings is 1. The molecule has 1 saturated heterocycles. The molecule has 1 aliphatic rings. The number of Topliss-reactive ketones (excluding diaryl/α,β-unsaturated/α-hetero) is 1. The summed E-state index contributed by atoms with van der Waals surface area (Å²) in [6.07, 6.45) is 9.07. The van der Waals surface area contributed by atoms with Gasteiger partial charge in [0, 0.05) is 43.6 Å². The molecule has 34 heavy (non-hydrogen) atoms. The third kappa shape index (κ3) is 5.81. The van der Waals surface area contributed by atoms with E-state index in [1.165, 1.54) is 22.3 Å². The van der Waals surface area contributed by atoms with Crippen LogP contribution < -0.4 is 0 Å². The molecule has 2 heterocycles. The molecule has 0 atom stereocenters. The monoisotopic (exact) mass is 470 g/mol. The first-order valence-electron chi connectivity index (χ1n) is 11.9. The number of aryl methyl sites for hydroxylation is 2. The van der Waals surface area contributed by atoms with Gasteiger partial charge in [0.25, 0.3) is 0 Å². The standard InChI is InChI=1S/C29H30N2O2S/c1-3-4-9-28(33)31-18-16-24(17-19-31)29-30-26(20-34-29)27(32)15-14-22-7-5-6-8-25(22)23-12-10-21(2)11-13-23/h1,5-8,10-13,20,24H,4,9,14-19H2,2H3. The molecule has 4 rings (SSSR count). The maximum absolute atomic E-state index is 12.9. The number of hydrogen-bond donors (Lipinski definition) is 0. The van der Waals surface area contributed by atoms with Crippen molar-refractivity contribution in [3.63, 3.8) is 0 Å². The van der Waals surface area contributed by atoms with Gasteiger partial charge in [-0.2, -0.15) is 0 Å². The van der Waals surface area contributed by atoms with Gasteiger partial charge >= 0.3 is 0 Å². The third-order valence-electron chi connectivity index (χ3n) is 6.49. The van der Waals surface area contributed by atoms with Crippen LogP contribution in [0.3, 0.4) is 0 Å². The van der Waals surface area contributed by atoms with E-state index in [1.807, 2.05) is 22.4 Å². The molecule has 0 aliphatic carbocycles. The van der Waals surface area contributed by atoms with Crippen LogP contribution in [0.25, 0.3) is 11.1 Å². The highest BCUT2D eigenvalue weighted by atomic mass is 32.1. The van der Waals surface area contributed by atoms with E-state index in [1.54, 1.807) is 11.3 Å². The number of carbonyl (C=O) groups excluding carboxylic acids is 2. The SMILES string of the molecule is C#CCCC(=O)N1CCC(c2nc(C(=O)CCc3ccccc3-c3ccc(C)cc3)cs2)CC1. The first kappa shape index (κ1) is 23.9. The number of benzene rings is 2. The number of ketones is 1. The van der Waals surface area contributed by atoms with Crippen LogP contribution in [0.2, 0.25) is 0 Å². The topological polar surface area (TPSA) is 50.3 Å². The van der Waals surface area contributed by atoms with Crippen LogP contribution in [-0.2, 0) is 11.2 Å². The van der Waals surface area contributed by atoms with Crippen molar-refractivity contribution in [1.29, 1.82) is 0 Å². The zero-order chi connectivity index (χ0) is 23.9. The minimum atomic E-state index is 0.0862. The fraction of sp³-hybridized carbons (Fsp3) is 0.345. The molecular weight excluding hydrogens is 440 g/mol. The Hall–Kier alpha value is -3.23. The van der Waals surface area contributed by atoms with Crippen molar-refractivity contribution < 1.29 is 9.59 Å². The lowest BCUT2D eigenvalue weighted by Crippen LogP contribution is -2.37. The van der Waals surface area contributed by atoms with Crippen LogP contribution in [0.15, 0.2) is 53.9 Å². The summed E-state index contributed by atoms with van der Waals surface area (Å²) in [6.45, 7) is 3.54. The van der Waals surface area contributed by atoms with Crippen molar-refractivity contribution in [2.75, 3.05) is 13.1 Å². The average molecular weight is 471 g/mol. The molecule has 4 nitrogen and oxygen atoms in total. The van der Waals surface area contributed by atoms with E-state index in [0.717, 1.165) is 30.9 Å². The van der Waals surface area contributed by atoms with Crippen LogP contribution in [0, 0.1) is 19.3 Å². The smallest absolute Gasteiger partial charge is 0.223 e. The van der Waals surface area contributed by atoms with Crippen LogP contribution in [0.1, 0.15) is 64.6 Å². The molecule has 0 N–H and O–H groups in total. The second-order valence-corrected chi connectivity index (χ2v) is 9.77. The zero-order valence-electron chi connectivity index (χ0n) is 19.6. The van der Waals surface area contributed by atoms with E-state index in [9.17, 15) is 9.59 Å². The van der Waals surface area contributed by atoms with Crippen LogP contribution in [-0.4, -0.2) is 34.7 Å². The summed E-state index contributed by atoms with van der Waals surface area (Å²) in [5.74, 6) is 3.07. The number of carbonyl (C=O) groups is 2. The molecular formula is C29H30N2O2S. The maximum atomic E-state index is 12.9. The summed E-state index contributed by atoms with van der Waals surface area (Å²) in [7, 11) is 0. The first-order chi connectivity index (χ1) is 16.5. The molecule has 2 aromatic carbocycles. The van der Waals surface area contributed by atoms with E-state index in [-0.39, 0.29) is 11.7 Å². The Bertz CT molecular complexity index is 1180. The van der Waals surface area contributed by atoms with E-state index in [2.05, 4.69) is 49.2 Å². The van der Waals surface area contributed by atoms with Crippen molar-refractivity contribution in [1.82, 2.24) is 9.88 Å². The molecule has 0 unspecified atom stereocenters. The Morgan fingerprint density at radius 1 is 1.09 bits per heavy atom. The number of amides is 1. The average Bonchev–Trinajstić information content (AvgIpc) is 3.37. The summed E-state index contributed by atoms with van der Waals surface area (Å²) in [4.78, 5) is 31.7. The van der Waals surface area contributed by atoms with E-state index in [0.29, 0.717) is 37.3 Å². The van der Waals surface area contributed by atoms with Crippen molar-refractivity contribution in [3.8, 4) is 23.5 Å². The fourth-order valence-corrected chi connectivity index (χ4v) is 5.44. The number of thiazole rings is 1. The second-order valence-electron chi connectivity index (χ2n) is 8.88. The largest absolute Gasteiger partial charge is 0.343 e. The summed E-state index contributed by atoms with van der Waals surface area (Å²) in [5.41, 5.74) is 5.33. The van der Waals surface area contributed by atoms with Gasteiger partial charge in [-0.3, -0.25) is 9.59 Å². The van der Waals surface area contributed by atoms with E-state index < -0.39 is 0 Å². The van der Waals surface area contributed by atoms with Gasteiger partial charge in [-0.1, -0.05) is 54.1 Å². The number of likely N-dealkylation sites (tertiary alicyclic amines) is 1. The minimum Gasteiger partial charge on any atom is -0.343 e. The summed E-state index contributed by atoms with van der Waals surface area (Å²) < 4.78 is 0. The molecule has 1 aromatic heterocycles. The Labute approximate surface area is 206 Å². The van der Waals surface area contributed by atoms with Crippen LogP contribution in [0.4, 0.5) is 0 Å². The lowest BCUT2D eigenvalue weighted by molar-refractivity contribution is -0.132.